The minimum atomic E-state index is -0.485. The zero-order chi connectivity index (χ0) is 13.8. The molecule has 0 aromatic heterocycles. The van der Waals surface area contributed by atoms with Crippen molar-refractivity contribution in [3.05, 3.63) is 42.0 Å². The minimum Gasteiger partial charge on any atom is -0.443 e. The monoisotopic (exact) mass is 247 g/mol. The van der Waals surface area contributed by atoms with E-state index >= 15 is 0 Å². The Kier molecular flexibility index (Phi) is 4.54. The molecule has 0 spiro atoms. The van der Waals surface area contributed by atoms with Crippen molar-refractivity contribution in [2.24, 2.45) is 0 Å². The third-order valence-corrected chi connectivity index (χ3v) is 2.37. The summed E-state index contributed by atoms with van der Waals surface area (Å²) in [4.78, 5) is 13.5. The lowest BCUT2D eigenvalue weighted by atomic mass is 10.1. The summed E-state index contributed by atoms with van der Waals surface area (Å²) in [7, 11) is 1.72. The molecular weight excluding hydrogens is 226 g/mol. The molecule has 0 aliphatic rings. The molecule has 0 heterocycles. The van der Waals surface area contributed by atoms with Gasteiger partial charge in [-0.3, -0.25) is 4.90 Å². The summed E-state index contributed by atoms with van der Waals surface area (Å²) in [6, 6.07) is 9.78. The molecule has 0 aliphatic carbocycles. The fourth-order valence-corrected chi connectivity index (χ4v) is 1.59. The zero-order valence-corrected chi connectivity index (χ0v) is 11.7. The average molecular weight is 247 g/mol. The van der Waals surface area contributed by atoms with Crippen LogP contribution < -0.4 is 0 Å². The maximum Gasteiger partial charge on any atom is 0.414 e. The van der Waals surface area contributed by atoms with E-state index in [1.165, 1.54) is 4.90 Å². The first-order chi connectivity index (χ1) is 8.35. The molecule has 0 fully saturated rings. The first-order valence-corrected chi connectivity index (χ1v) is 6.03. The van der Waals surface area contributed by atoms with Gasteiger partial charge >= 0.3 is 6.09 Å². The van der Waals surface area contributed by atoms with Gasteiger partial charge in [-0.15, -0.1) is 0 Å². The second-order valence-electron chi connectivity index (χ2n) is 5.08. The van der Waals surface area contributed by atoms with Crippen LogP contribution in [0, 0.1) is 0 Å². The highest BCUT2D eigenvalue weighted by molar-refractivity contribution is 5.81. The van der Waals surface area contributed by atoms with Gasteiger partial charge in [0, 0.05) is 12.7 Å². The molecule has 0 radical (unpaired) electrons. The molecule has 0 aliphatic heterocycles. The number of benzene rings is 1. The number of carbonyl (C=O) groups excluding carboxylic acids is 1. The fraction of sp³-hybridized carbons (Fsp3) is 0.400. The van der Waals surface area contributed by atoms with Crippen molar-refractivity contribution in [2.75, 3.05) is 7.05 Å². The number of allylic oxidation sites excluding steroid dienone is 1. The smallest absolute Gasteiger partial charge is 0.414 e. The molecule has 0 N–H and O–H groups in total. The summed E-state index contributed by atoms with van der Waals surface area (Å²) < 4.78 is 5.35. The SMILES string of the molecule is C/C=C(/c1ccccc1)N(C)C(=O)OC(C)(C)C. The third kappa shape index (κ3) is 3.91. The number of hydrogen-bond acceptors (Lipinski definition) is 2. The van der Waals surface area contributed by atoms with Crippen LogP contribution in [0.3, 0.4) is 0 Å². The largest absolute Gasteiger partial charge is 0.443 e. The van der Waals surface area contributed by atoms with E-state index in [1.807, 2.05) is 64.1 Å². The predicted octanol–water partition coefficient (Wildman–Crippen LogP) is 3.91. The Hall–Kier alpha value is -1.77. The Morgan fingerprint density at radius 3 is 2.22 bits per heavy atom. The van der Waals surface area contributed by atoms with E-state index in [0.29, 0.717) is 0 Å². The molecule has 18 heavy (non-hydrogen) atoms. The van der Waals surface area contributed by atoms with Gasteiger partial charge in [0.15, 0.2) is 0 Å². The highest BCUT2D eigenvalue weighted by Crippen LogP contribution is 2.20. The number of amides is 1. The molecule has 1 rings (SSSR count). The number of carbonyl (C=O) groups is 1. The van der Waals surface area contributed by atoms with E-state index in [0.717, 1.165) is 11.3 Å². The van der Waals surface area contributed by atoms with Crippen LogP contribution in [0.25, 0.3) is 5.70 Å². The molecule has 0 bridgehead atoms. The second kappa shape index (κ2) is 5.71. The van der Waals surface area contributed by atoms with Gasteiger partial charge in [-0.1, -0.05) is 36.4 Å². The quantitative estimate of drug-likeness (QED) is 0.792. The second-order valence-corrected chi connectivity index (χ2v) is 5.08. The topological polar surface area (TPSA) is 29.5 Å². The van der Waals surface area contributed by atoms with E-state index in [9.17, 15) is 4.79 Å². The van der Waals surface area contributed by atoms with Crippen LogP contribution in [0.5, 0.6) is 0 Å². The predicted molar refractivity (Wildman–Crippen MR) is 74.1 cm³/mol. The third-order valence-electron chi connectivity index (χ3n) is 2.37. The van der Waals surface area contributed by atoms with E-state index in [4.69, 9.17) is 4.74 Å². The molecule has 1 amide bonds. The van der Waals surface area contributed by atoms with Crippen LogP contribution in [0.2, 0.25) is 0 Å². The summed E-state index contributed by atoms with van der Waals surface area (Å²) in [5.74, 6) is 0. The first kappa shape index (κ1) is 14.3. The zero-order valence-electron chi connectivity index (χ0n) is 11.7. The first-order valence-electron chi connectivity index (χ1n) is 6.03. The van der Waals surface area contributed by atoms with E-state index in [1.54, 1.807) is 7.05 Å². The van der Waals surface area contributed by atoms with Gasteiger partial charge in [0.25, 0.3) is 0 Å². The van der Waals surface area contributed by atoms with E-state index in [-0.39, 0.29) is 6.09 Å². The van der Waals surface area contributed by atoms with Crippen molar-refractivity contribution in [1.82, 2.24) is 4.90 Å². The molecular formula is C15H21NO2. The van der Waals surface area contributed by atoms with E-state index < -0.39 is 5.60 Å². The Bertz CT molecular complexity index is 430. The lowest BCUT2D eigenvalue weighted by molar-refractivity contribution is 0.0388. The van der Waals surface area contributed by atoms with Gasteiger partial charge in [-0.2, -0.15) is 0 Å². The van der Waals surface area contributed by atoms with Gasteiger partial charge in [0.1, 0.15) is 5.60 Å². The van der Waals surface area contributed by atoms with Crippen molar-refractivity contribution in [3.8, 4) is 0 Å². The Balaban J connectivity index is 2.88. The van der Waals surface area contributed by atoms with Crippen molar-refractivity contribution >= 4 is 11.8 Å². The Morgan fingerprint density at radius 1 is 1.22 bits per heavy atom. The van der Waals surface area contributed by atoms with Gasteiger partial charge in [0.2, 0.25) is 0 Å². The van der Waals surface area contributed by atoms with E-state index in [2.05, 4.69) is 0 Å². The maximum atomic E-state index is 12.0. The molecule has 0 atom stereocenters. The molecule has 1 aromatic carbocycles. The summed E-state index contributed by atoms with van der Waals surface area (Å²) in [6.45, 7) is 7.48. The van der Waals surface area contributed by atoms with Crippen molar-refractivity contribution in [1.29, 1.82) is 0 Å². The normalized spacial score (nSPS) is 12.2. The Labute approximate surface area is 109 Å². The lowest BCUT2D eigenvalue weighted by Gasteiger charge is -2.26. The van der Waals surface area contributed by atoms with Gasteiger partial charge < -0.3 is 4.74 Å². The van der Waals surface area contributed by atoms with Gasteiger partial charge in [-0.05, 0) is 33.3 Å². The number of nitrogens with zero attached hydrogens (tertiary/aromatic N) is 1. The summed E-state index contributed by atoms with van der Waals surface area (Å²) in [5, 5.41) is 0. The molecule has 0 saturated carbocycles. The molecule has 3 heteroatoms. The highest BCUT2D eigenvalue weighted by Gasteiger charge is 2.21. The number of rotatable bonds is 2. The Morgan fingerprint density at radius 2 is 1.78 bits per heavy atom. The number of ether oxygens (including phenoxy) is 1. The van der Waals surface area contributed by atoms with Crippen molar-refractivity contribution in [3.63, 3.8) is 0 Å². The standard InChI is InChI=1S/C15H21NO2/c1-6-13(12-10-8-7-9-11-12)16(5)14(17)18-15(2,3)4/h6-11H,1-5H3/b13-6-. The average Bonchev–Trinajstić information content (AvgIpc) is 2.29. The van der Waals surface area contributed by atoms with Gasteiger partial charge in [0.05, 0.1) is 0 Å². The number of hydrogen-bond donors (Lipinski definition) is 0. The molecule has 98 valence electrons. The lowest BCUT2D eigenvalue weighted by Crippen LogP contribution is -2.33. The highest BCUT2D eigenvalue weighted by atomic mass is 16.6. The van der Waals surface area contributed by atoms with Crippen LogP contribution in [0.1, 0.15) is 33.3 Å². The van der Waals surface area contributed by atoms with Crippen LogP contribution in [0.15, 0.2) is 36.4 Å². The van der Waals surface area contributed by atoms with Crippen LogP contribution in [0.4, 0.5) is 4.79 Å². The molecule has 1 aromatic rings. The minimum absolute atomic E-state index is 0.348. The summed E-state index contributed by atoms with van der Waals surface area (Å²) >= 11 is 0. The fourth-order valence-electron chi connectivity index (χ4n) is 1.59. The molecule has 0 unspecified atom stereocenters. The van der Waals surface area contributed by atoms with Crippen molar-refractivity contribution < 1.29 is 9.53 Å². The summed E-state index contributed by atoms with van der Waals surface area (Å²) in [6.07, 6.45) is 1.55. The maximum absolute atomic E-state index is 12.0. The van der Waals surface area contributed by atoms with Crippen LogP contribution in [-0.2, 0) is 4.74 Å². The van der Waals surface area contributed by atoms with Gasteiger partial charge in [-0.25, -0.2) is 4.79 Å². The van der Waals surface area contributed by atoms with Crippen LogP contribution in [-0.4, -0.2) is 23.6 Å². The van der Waals surface area contributed by atoms with Crippen molar-refractivity contribution in [2.45, 2.75) is 33.3 Å². The van der Waals surface area contributed by atoms with Crippen LogP contribution >= 0.6 is 0 Å². The summed E-state index contributed by atoms with van der Waals surface area (Å²) in [5.41, 5.74) is 1.35. The molecule has 0 saturated heterocycles. The molecule has 3 nitrogen and oxygen atoms in total.